The van der Waals surface area contributed by atoms with Crippen LogP contribution in [0.25, 0.3) is 0 Å². The molecule has 3 nitrogen and oxygen atoms in total. The fourth-order valence-electron chi connectivity index (χ4n) is 2.03. The van der Waals surface area contributed by atoms with E-state index in [1.807, 2.05) is 36.5 Å². The Bertz CT molecular complexity index is 619. The minimum absolute atomic E-state index is 0.0376. The Morgan fingerprint density at radius 1 is 1.14 bits per heavy atom. The molecule has 1 amide bonds. The normalized spacial score (nSPS) is 10.4. The quantitative estimate of drug-likeness (QED) is 0.820. The summed E-state index contributed by atoms with van der Waals surface area (Å²) < 4.78 is 0. The molecule has 4 heteroatoms. The number of aryl methyl sites for hydroxylation is 2. The molecule has 2 aromatic rings. The highest BCUT2D eigenvalue weighted by molar-refractivity contribution is 7.12. The van der Waals surface area contributed by atoms with E-state index in [9.17, 15) is 4.79 Å². The van der Waals surface area contributed by atoms with Crippen LogP contribution in [0.3, 0.4) is 0 Å². The Kier molecular flexibility index (Phi) is 5.39. The molecule has 0 radical (unpaired) electrons. The van der Waals surface area contributed by atoms with Gasteiger partial charge in [0.15, 0.2) is 0 Å². The highest BCUT2D eigenvalue weighted by Gasteiger charge is 2.04. The zero-order valence-electron chi connectivity index (χ0n) is 12.8. The minimum Gasteiger partial charge on any atom is -0.380 e. The highest BCUT2D eigenvalue weighted by Crippen LogP contribution is 2.23. The van der Waals surface area contributed by atoms with E-state index in [1.165, 1.54) is 15.3 Å². The summed E-state index contributed by atoms with van der Waals surface area (Å²) in [6.07, 6.45) is 1.58. The molecule has 0 saturated carbocycles. The maximum Gasteiger partial charge on any atom is 0.224 e. The van der Waals surface area contributed by atoms with Crippen molar-refractivity contribution in [3.63, 3.8) is 0 Å². The number of anilines is 2. The van der Waals surface area contributed by atoms with Crippen LogP contribution in [0.4, 0.5) is 11.4 Å². The molecule has 0 atom stereocenters. The van der Waals surface area contributed by atoms with Crippen LogP contribution in [0.2, 0.25) is 0 Å². The van der Waals surface area contributed by atoms with Crippen molar-refractivity contribution in [2.75, 3.05) is 10.6 Å². The van der Waals surface area contributed by atoms with Crippen molar-refractivity contribution in [3.8, 4) is 0 Å². The second kappa shape index (κ2) is 7.27. The Hall–Kier alpha value is -1.81. The van der Waals surface area contributed by atoms with Crippen molar-refractivity contribution in [2.24, 2.45) is 0 Å². The van der Waals surface area contributed by atoms with Crippen LogP contribution in [0.1, 0.15) is 35.6 Å². The van der Waals surface area contributed by atoms with E-state index in [4.69, 9.17) is 0 Å². The Labute approximate surface area is 130 Å². The average Bonchev–Trinajstić information content (AvgIpc) is 2.95. The molecule has 0 unspecified atom stereocenters. The lowest BCUT2D eigenvalue weighted by atomic mass is 10.1. The third kappa shape index (κ3) is 4.33. The van der Waals surface area contributed by atoms with Gasteiger partial charge in [-0.3, -0.25) is 4.79 Å². The van der Waals surface area contributed by atoms with Crippen molar-refractivity contribution in [2.45, 2.75) is 40.2 Å². The largest absolute Gasteiger partial charge is 0.380 e. The molecule has 1 aromatic carbocycles. The third-order valence-electron chi connectivity index (χ3n) is 3.36. The van der Waals surface area contributed by atoms with E-state index in [0.717, 1.165) is 24.3 Å². The number of thiophene rings is 1. The van der Waals surface area contributed by atoms with E-state index in [-0.39, 0.29) is 5.91 Å². The number of hydrogen-bond donors (Lipinski definition) is 2. The van der Waals surface area contributed by atoms with Crippen LogP contribution in [0.15, 0.2) is 30.3 Å². The monoisotopic (exact) mass is 302 g/mol. The second-order valence-corrected chi connectivity index (χ2v) is 6.26. The zero-order valence-corrected chi connectivity index (χ0v) is 13.6. The predicted molar refractivity (Wildman–Crippen MR) is 91.1 cm³/mol. The van der Waals surface area contributed by atoms with Gasteiger partial charge >= 0.3 is 0 Å². The fourth-order valence-corrected chi connectivity index (χ4v) is 2.93. The topological polar surface area (TPSA) is 41.1 Å². The summed E-state index contributed by atoms with van der Waals surface area (Å²) >= 11 is 1.84. The van der Waals surface area contributed by atoms with Crippen molar-refractivity contribution < 1.29 is 4.79 Å². The number of carbonyl (C=O) groups is 1. The lowest BCUT2D eigenvalue weighted by Crippen LogP contribution is -2.10. The van der Waals surface area contributed by atoms with E-state index >= 15 is 0 Å². The van der Waals surface area contributed by atoms with E-state index < -0.39 is 0 Å². The third-order valence-corrected chi connectivity index (χ3v) is 4.59. The summed E-state index contributed by atoms with van der Waals surface area (Å²) in [5, 5.41) is 6.35. The van der Waals surface area contributed by atoms with Crippen molar-refractivity contribution in [1.82, 2.24) is 0 Å². The summed E-state index contributed by atoms with van der Waals surface area (Å²) in [5.74, 6) is 0.0376. The summed E-state index contributed by atoms with van der Waals surface area (Å²) in [5.41, 5.74) is 3.09. The second-order valence-electron chi connectivity index (χ2n) is 5.01. The maximum absolute atomic E-state index is 11.5. The molecule has 1 aromatic heterocycles. The SMILES string of the molecule is CCC(=O)Nc1ccc(C)c(NCc2ccc(CC)s2)c1. The first-order chi connectivity index (χ1) is 10.1. The standard InChI is InChI=1S/C17H22N2OS/c1-4-14-8-9-15(21-14)11-18-16-10-13(7-6-12(16)3)19-17(20)5-2/h6-10,18H,4-5,11H2,1-3H3,(H,19,20). The number of rotatable bonds is 6. The summed E-state index contributed by atoms with van der Waals surface area (Å²) in [7, 11) is 0. The molecule has 0 bridgehead atoms. The van der Waals surface area contributed by atoms with Gasteiger partial charge in [-0.1, -0.05) is 19.9 Å². The predicted octanol–water partition coefficient (Wildman–Crippen LogP) is 4.58. The highest BCUT2D eigenvalue weighted by atomic mass is 32.1. The van der Waals surface area contributed by atoms with Crippen LogP contribution in [0.5, 0.6) is 0 Å². The number of hydrogen-bond acceptors (Lipinski definition) is 3. The molecule has 0 aliphatic carbocycles. The van der Waals surface area contributed by atoms with Crippen LogP contribution < -0.4 is 10.6 Å². The molecule has 0 aliphatic heterocycles. The van der Waals surface area contributed by atoms with Gasteiger partial charge in [0.05, 0.1) is 0 Å². The maximum atomic E-state index is 11.5. The first kappa shape index (κ1) is 15.6. The van der Waals surface area contributed by atoms with Crippen molar-refractivity contribution in [1.29, 1.82) is 0 Å². The number of benzene rings is 1. The first-order valence-corrected chi connectivity index (χ1v) is 8.16. The average molecular weight is 302 g/mol. The van der Waals surface area contributed by atoms with Gasteiger partial charge in [-0.15, -0.1) is 11.3 Å². The molecule has 0 saturated heterocycles. The van der Waals surface area contributed by atoms with Gasteiger partial charge in [0, 0.05) is 34.1 Å². The smallest absolute Gasteiger partial charge is 0.224 e. The first-order valence-electron chi connectivity index (χ1n) is 7.34. The zero-order chi connectivity index (χ0) is 15.2. The lowest BCUT2D eigenvalue weighted by Gasteiger charge is -2.11. The van der Waals surface area contributed by atoms with E-state index in [1.54, 1.807) is 0 Å². The molecule has 0 fully saturated rings. The van der Waals surface area contributed by atoms with Crippen LogP contribution in [0, 0.1) is 6.92 Å². The number of amides is 1. The van der Waals surface area contributed by atoms with Gasteiger partial charge in [0.1, 0.15) is 0 Å². The molecule has 112 valence electrons. The Morgan fingerprint density at radius 2 is 1.90 bits per heavy atom. The molecule has 2 N–H and O–H groups in total. The molecule has 0 spiro atoms. The summed E-state index contributed by atoms with van der Waals surface area (Å²) in [6.45, 7) is 6.91. The van der Waals surface area contributed by atoms with E-state index in [2.05, 4.69) is 36.6 Å². The van der Waals surface area contributed by atoms with Gasteiger partial charge < -0.3 is 10.6 Å². The lowest BCUT2D eigenvalue weighted by molar-refractivity contribution is -0.115. The molecule has 2 rings (SSSR count). The van der Waals surface area contributed by atoms with Crippen molar-refractivity contribution >= 4 is 28.6 Å². The number of carbonyl (C=O) groups excluding carboxylic acids is 1. The van der Waals surface area contributed by atoms with Crippen LogP contribution in [-0.4, -0.2) is 5.91 Å². The Morgan fingerprint density at radius 3 is 2.57 bits per heavy atom. The minimum atomic E-state index is 0.0376. The van der Waals surface area contributed by atoms with Gasteiger partial charge in [-0.25, -0.2) is 0 Å². The van der Waals surface area contributed by atoms with Crippen LogP contribution >= 0.6 is 11.3 Å². The molecule has 21 heavy (non-hydrogen) atoms. The Balaban J connectivity index is 2.04. The molecular weight excluding hydrogens is 280 g/mol. The van der Waals surface area contributed by atoms with E-state index in [0.29, 0.717) is 6.42 Å². The summed E-state index contributed by atoms with van der Waals surface area (Å²) in [6, 6.07) is 10.3. The van der Waals surface area contributed by atoms with Crippen LogP contribution in [-0.2, 0) is 17.8 Å². The molecular formula is C17H22N2OS. The van der Waals surface area contributed by atoms with Gasteiger partial charge in [-0.2, -0.15) is 0 Å². The summed E-state index contributed by atoms with van der Waals surface area (Å²) in [4.78, 5) is 14.2. The van der Waals surface area contributed by atoms with Gasteiger partial charge in [0.2, 0.25) is 5.91 Å². The fraction of sp³-hybridized carbons (Fsp3) is 0.353. The van der Waals surface area contributed by atoms with Gasteiger partial charge in [0.25, 0.3) is 0 Å². The number of nitrogens with one attached hydrogen (secondary N) is 2. The molecule has 0 aliphatic rings. The molecule has 1 heterocycles. The van der Waals surface area contributed by atoms with Crippen molar-refractivity contribution in [3.05, 3.63) is 45.6 Å². The van der Waals surface area contributed by atoms with Gasteiger partial charge in [-0.05, 0) is 43.2 Å².